The lowest BCUT2D eigenvalue weighted by Gasteiger charge is -2.55. The number of nitrogens with one attached hydrogen (secondary N) is 1. The molecule has 1 aromatic heterocycles. The van der Waals surface area contributed by atoms with Crippen molar-refractivity contribution in [2.45, 2.75) is 58.4 Å². The molecule has 0 atom stereocenters. The van der Waals surface area contributed by atoms with Gasteiger partial charge in [-0.1, -0.05) is 0 Å². The summed E-state index contributed by atoms with van der Waals surface area (Å²) in [6.45, 7) is 3.26. The van der Waals surface area contributed by atoms with Crippen LogP contribution < -0.4 is 10.9 Å². The fourth-order valence-corrected chi connectivity index (χ4v) is 5.82. The second-order valence-electron chi connectivity index (χ2n) is 8.54. The number of aromatic nitrogens is 1. The van der Waals surface area contributed by atoms with E-state index in [0.29, 0.717) is 13.1 Å². The van der Waals surface area contributed by atoms with E-state index in [9.17, 15) is 9.59 Å². The minimum atomic E-state index is -0.0601. The third kappa shape index (κ3) is 2.91. The molecule has 4 nitrogen and oxygen atoms in total. The van der Waals surface area contributed by atoms with Gasteiger partial charge in [-0.2, -0.15) is 0 Å². The number of amides is 1. The van der Waals surface area contributed by atoms with Crippen molar-refractivity contribution >= 4 is 5.91 Å². The molecule has 4 aliphatic rings. The fourth-order valence-electron chi connectivity index (χ4n) is 5.82. The Hall–Kier alpha value is -1.58. The molecular formula is C20H28N2O2. The van der Waals surface area contributed by atoms with Crippen molar-refractivity contribution in [2.24, 2.45) is 23.2 Å². The molecule has 130 valence electrons. The summed E-state index contributed by atoms with van der Waals surface area (Å²) in [5.41, 5.74) is 0.976. The van der Waals surface area contributed by atoms with Crippen LogP contribution in [0.3, 0.4) is 0 Å². The Labute approximate surface area is 143 Å². The third-order valence-corrected chi connectivity index (χ3v) is 6.53. The number of pyridine rings is 1. The Morgan fingerprint density at radius 1 is 1.21 bits per heavy atom. The van der Waals surface area contributed by atoms with Crippen LogP contribution in [0, 0.1) is 30.1 Å². The lowest BCUT2D eigenvalue weighted by atomic mass is 9.49. The van der Waals surface area contributed by atoms with Gasteiger partial charge in [0.05, 0.1) is 0 Å². The minimum Gasteiger partial charge on any atom is -0.356 e. The zero-order valence-electron chi connectivity index (χ0n) is 14.6. The number of hydrogen-bond donors (Lipinski definition) is 1. The van der Waals surface area contributed by atoms with E-state index in [2.05, 4.69) is 5.32 Å². The average molecular weight is 328 g/mol. The minimum absolute atomic E-state index is 0.0439. The quantitative estimate of drug-likeness (QED) is 0.845. The van der Waals surface area contributed by atoms with Gasteiger partial charge in [-0.25, -0.2) is 0 Å². The average Bonchev–Trinajstić information content (AvgIpc) is 2.51. The van der Waals surface area contributed by atoms with Crippen molar-refractivity contribution < 1.29 is 4.79 Å². The van der Waals surface area contributed by atoms with Crippen LogP contribution in [0.2, 0.25) is 0 Å². The summed E-state index contributed by atoms with van der Waals surface area (Å²) >= 11 is 0. The van der Waals surface area contributed by atoms with Crippen LogP contribution in [0.15, 0.2) is 23.1 Å². The lowest BCUT2D eigenvalue weighted by molar-refractivity contribution is -0.146. The summed E-state index contributed by atoms with van der Waals surface area (Å²) in [6, 6.07) is 3.61. The number of aryl methyl sites for hydroxylation is 2. The molecule has 0 spiro atoms. The molecule has 4 fully saturated rings. The summed E-state index contributed by atoms with van der Waals surface area (Å²) in [6.07, 6.45) is 10.1. The van der Waals surface area contributed by atoms with Gasteiger partial charge in [-0.3, -0.25) is 9.59 Å². The molecule has 5 rings (SSSR count). The smallest absolute Gasteiger partial charge is 0.250 e. The van der Waals surface area contributed by atoms with Crippen LogP contribution >= 0.6 is 0 Å². The van der Waals surface area contributed by atoms with E-state index < -0.39 is 0 Å². The summed E-state index contributed by atoms with van der Waals surface area (Å²) in [5, 5.41) is 3.19. The number of carbonyl (C=O) groups excluding carboxylic acids is 1. The molecule has 0 aromatic carbocycles. The number of hydrogen-bond acceptors (Lipinski definition) is 2. The normalized spacial score (nSPS) is 33.6. The van der Waals surface area contributed by atoms with Gasteiger partial charge in [-0.15, -0.1) is 0 Å². The van der Waals surface area contributed by atoms with Crippen molar-refractivity contribution in [3.05, 3.63) is 34.2 Å². The Bertz CT molecular complexity index is 656. The first-order chi connectivity index (χ1) is 11.5. The van der Waals surface area contributed by atoms with Gasteiger partial charge in [0, 0.05) is 30.8 Å². The van der Waals surface area contributed by atoms with Crippen LogP contribution in [0.5, 0.6) is 0 Å². The molecule has 0 unspecified atom stereocenters. The molecule has 1 heterocycles. The summed E-state index contributed by atoms with van der Waals surface area (Å²) in [5.74, 6) is 2.69. The molecule has 0 saturated heterocycles. The second kappa shape index (κ2) is 6.05. The molecule has 4 aliphatic carbocycles. The highest BCUT2D eigenvalue weighted by molar-refractivity contribution is 5.83. The Balaban J connectivity index is 1.30. The fraction of sp³-hybridized carbons (Fsp3) is 0.700. The van der Waals surface area contributed by atoms with Crippen molar-refractivity contribution in [1.29, 1.82) is 0 Å². The third-order valence-electron chi connectivity index (χ3n) is 6.53. The van der Waals surface area contributed by atoms with Crippen LogP contribution in [0.4, 0.5) is 0 Å². The summed E-state index contributed by atoms with van der Waals surface area (Å²) in [7, 11) is 0. The molecule has 4 bridgehead atoms. The van der Waals surface area contributed by atoms with Crippen molar-refractivity contribution in [3.8, 4) is 0 Å². The van der Waals surface area contributed by atoms with Crippen molar-refractivity contribution in [2.75, 3.05) is 6.54 Å². The zero-order valence-corrected chi connectivity index (χ0v) is 14.6. The number of rotatable bonds is 5. The van der Waals surface area contributed by atoms with Gasteiger partial charge in [0.15, 0.2) is 0 Å². The van der Waals surface area contributed by atoms with E-state index in [1.807, 2.05) is 19.2 Å². The van der Waals surface area contributed by atoms with E-state index in [1.54, 1.807) is 10.6 Å². The van der Waals surface area contributed by atoms with Crippen LogP contribution in [0.1, 0.15) is 50.5 Å². The van der Waals surface area contributed by atoms with Crippen LogP contribution in [0.25, 0.3) is 0 Å². The van der Waals surface area contributed by atoms with Crippen LogP contribution in [-0.4, -0.2) is 17.0 Å². The first kappa shape index (κ1) is 15.9. The SMILES string of the molecule is Cc1ccn(CCCNC(=O)C23CC4CC(CC(C4)C2)C3)c(=O)c1. The molecule has 0 radical (unpaired) electrons. The Morgan fingerprint density at radius 3 is 2.42 bits per heavy atom. The maximum absolute atomic E-state index is 12.8. The van der Waals surface area contributed by atoms with Gasteiger partial charge in [-0.05, 0) is 81.3 Å². The largest absolute Gasteiger partial charge is 0.356 e. The molecule has 1 N–H and O–H groups in total. The van der Waals surface area contributed by atoms with E-state index in [1.165, 1.54) is 19.3 Å². The number of nitrogens with zero attached hydrogens (tertiary/aromatic N) is 1. The molecule has 1 amide bonds. The van der Waals surface area contributed by atoms with Crippen molar-refractivity contribution in [3.63, 3.8) is 0 Å². The summed E-state index contributed by atoms with van der Waals surface area (Å²) in [4.78, 5) is 24.7. The highest BCUT2D eigenvalue weighted by Crippen LogP contribution is 2.60. The number of carbonyl (C=O) groups is 1. The molecular weight excluding hydrogens is 300 g/mol. The Kier molecular flexibility index (Phi) is 4.01. The predicted molar refractivity (Wildman–Crippen MR) is 93.7 cm³/mol. The van der Waals surface area contributed by atoms with E-state index in [-0.39, 0.29) is 16.9 Å². The molecule has 24 heavy (non-hydrogen) atoms. The maximum atomic E-state index is 12.8. The van der Waals surface area contributed by atoms with E-state index in [0.717, 1.165) is 49.0 Å². The van der Waals surface area contributed by atoms with E-state index >= 15 is 0 Å². The van der Waals surface area contributed by atoms with Gasteiger partial charge in [0.2, 0.25) is 5.91 Å². The van der Waals surface area contributed by atoms with Gasteiger partial charge in [0.25, 0.3) is 5.56 Å². The Morgan fingerprint density at radius 2 is 1.83 bits per heavy atom. The standard InChI is InChI=1S/C20H28N2O2/c1-14-3-6-22(18(23)7-14)5-2-4-21-19(24)20-11-15-8-16(12-20)10-17(9-15)13-20/h3,6-7,15-17H,2,4-5,8-13H2,1H3,(H,21,24). The van der Waals surface area contributed by atoms with Crippen LogP contribution in [-0.2, 0) is 11.3 Å². The highest BCUT2D eigenvalue weighted by Gasteiger charge is 2.54. The first-order valence-corrected chi connectivity index (χ1v) is 9.49. The highest BCUT2D eigenvalue weighted by atomic mass is 16.2. The van der Waals surface area contributed by atoms with Gasteiger partial charge in [0.1, 0.15) is 0 Å². The van der Waals surface area contributed by atoms with Gasteiger partial charge >= 0.3 is 0 Å². The maximum Gasteiger partial charge on any atom is 0.250 e. The monoisotopic (exact) mass is 328 g/mol. The predicted octanol–water partition coefficient (Wildman–Crippen LogP) is 2.88. The second-order valence-corrected chi connectivity index (χ2v) is 8.54. The van der Waals surface area contributed by atoms with E-state index in [4.69, 9.17) is 0 Å². The molecule has 4 heteroatoms. The zero-order chi connectivity index (χ0) is 16.7. The first-order valence-electron chi connectivity index (χ1n) is 9.49. The topological polar surface area (TPSA) is 51.1 Å². The summed E-state index contributed by atoms with van der Waals surface area (Å²) < 4.78 is 1.73. The lowest BCUT2D eigenvalue weighted by Crippen LogP contribution is -2.53. The van der Waals surface area contributed by atoms with Crippen molar-refractivity contribution in [1.82, 2.24) is 9.88 Å². The molecule has 4 saturated carbocycles. The van der Waals surface area contributed by atoms with Gasteiger partial charge < -0.3 is 9.88 Å². The molecule has 1 aromatic rings. The molecule has 0 aliphatic heterocycles.